The van der Waals surface area contributed by atoms with E-state index in [1.807, 2.05) is 20.8 Å². The second-order valence-corrected chi connectivity index (χ2v) is 28.0. The van der Waals surface area contributed by atoms with Gasteiger partial charge in [-0.15, -0.1) is 0 Å². The summed E-state index contributed by atoms with van der Waals surface area (Å²) in [5.41, 5.74) is 0. The number of amides is 1. The molecule has 0 aromatic carbocycles. The van der Waals surface area contributed by atoms with Crippen LogP contribution in [0.5, 0.6) is 0 Å². The van der Waals surface area contributed by atoms with Crippen LogP contribution in [0.25, 0.3) is 0 Å². The minimum Gasteiger partial charge on any atom is -0.349 e. The molecule has 0 aliphatic heterocycles. The first-order valence-electron chi connectivity index (χ1n) is 15.3. The number of carbonyl (C=O) groups excluding carboxylic acids is 1. The van der Waals surface area contributed by atoms with Crippen molar-refractivity contribution in [1.29, 1.82) is 0 Å². The van der Waals surface area contributed by atoms with Gasteiger partial charge in [0.25, 0.3) is 0 Å². The second-order valence-electron chi connectivity index (χ2n) is 11.8. The van der Waals surface area contributed by atoms with Gasteiger partial charge in [0.2, 0.25) is 5.91 Å². The summed E-state index contributed by atoms with van der Waals surface area (Å²) in [5, 5.41) is 20.9. The molecule has 0 aliphatic rings. The Morgan fingerprint density at radius 1 is 0.512 bits per heavy atom. The van der Waals surface area contributed by atoms with Crippen LogP contribution in [0.1, 0.15) is 40.0 Å². The van der Waals surface area contributed by atoms with Gasteiger partial charge in [-0.1, -0.05) is 20.8 Å². The van der Waals surface area contributed by atoms with E-state index in [1.165, 1.54) is 0 Å². The Morgan fingerprint density at radius 3 is 1.37 bits per heavy atom. The Kier molecular flexibility index (Phi) is 22.2. The maximum absolute atomic E-state index is 14.0. The molecule has 0 rings (SSSR count). The highest BCUT2D eigenvalue weighted by atomic mass is 31.2. The maximum Gasteiger partial charge on any atom is 0.220 e. The van der Waals surface area contributed by atoms with E-state index >= 15 is 0 Å². The monoisotopic (exact) mass is 711 g/mol. The second kappa shape index (κ2) is 22.0. The molecule has 0 fully saturated rings. The van der Waals surface area contributed by atoms with E-state index in [1.54, 1.807) is 27.8 Å². The SMILES string of the molecule is CCCP(=O)(CC)CNCP(=O)(CCC)CNCP(=O)(CCC(=O)NCP(=O)(CNC)CNC)CNCP(C)(=O)CNC. The lowest BCUT2D eigenvalue weighted by Gasteiger charge is -2.24. The molecule has 18 heteroatoms. The minimum absolute atomic E-state index is 0.0159. The molecule has 4 unspecified atom stereocenters. The molecule has 4 atom stereocenters. The third kappa shape index (κ3) is 19.6. The molecule has 258 valence electrons. The fourth-order valence-corrected chi connectivity index (χ4v) is 15.0. The van der Waals surface area contributed by atoms with Crippen LogP contribution >= 0.6 is 35.7 Å². The minimum atomic E-state index is -3.04. The summed E-state index contributed by atoms with van der Waals surface area (Å²) in [6.07, 6.45) is 5.53. The summed E-state index contributed by atoms with van der Waals surface area (Å²) >= 11 is 0. The largest absolute Gasteiger partial charge is 0.349 e. The highest BCUT2D eigenvalue weighted by Crippen LogP contribution is 2.49. The van der Waals surface area contributed by atoms with E-state index in [-0.39, 0.29) is 68.8 Å². The third-order valence-corrected chi connectivity index (χ3v) is 20.1. The van der Waals surface area contributed by atoms with Gasteiger partial charge in [-0.25, -0.2) is 0 Å². The Balaban J connectivity index is 5.40. The van der Waals surface area contributed by atoms with Crippen molar-refractivity contribution < 1.29 is 27.6 Å². The van der Waals surface area contributed by atoms with Crippen molar-refractivity contribution in [1.82, 2.24) is 37.2 Å². The van der Waals surface area contributed by atoms with Gasteiger partial charge in [0.05, 0.1) is 50.3 Å². The van der Waals surface area contributed by atoms with Crippen LogP contribution in [-0.4, -0.2) is 121 Å². The van der Waals surface area contributed by atoms with E-state index in [4.69, 9.17) is 0 Å². The number of rotatable bonds is 28. The Labute approximate surface area is 261 Å². The van der Waals surface area contributed by atoms with Crippen molar-refractivity contribution in [3.63, 3.8) is 0 Å². The lowest BCUT2D eigenvalue weighted by atomic mass is 10.5. The summed E-state index contributed by atoms with van der Waals surface area (Å²) in [5.74, 6) is -0.336. The summed E-state index contributed by atoms with van der Waals surface area (Å²) in [7, 11) is -8.16. The Bertz CT molecular complexity index is 1040. The zero-order chi connectivity index (χ0) is 33.0. The lowest BCUT2D eigenvalue weighted by Crippen LogP contribution is -2.31. The molecule has 0 spiro atoms. The van der Waals surface area contributed by atoms with Gasteiger partial charge < -0.3 is 60.0 Å². The predicted octanol–water partition coefficient (Wildman–Crippen LogP) is 3.78. The van der Waals surface area contributed by atoms with Crippen molar-refractivity contribution in [2.75, 3.05) is 115 Å². The van der Waals surface area contributed by atoms with Crippen LogP contribution < -0.4 is 37.2 Å². The molecule has 7 N–H and O–H groups in total. The maximum atomic E-state index is 14.0. The van der Waals surface area contributed by atoms with E-state index in [9.17, 15) is 27.6 Å². The molecule has 1 amide bonds. The summed E-state index contributed by atoms with van der Waals surface area (Å²) in [6.45, 7) is 7.58. The Morgan fingerprint density at radius 2 is 0.930 bits per heavy atom. The van der Waals surface area contributed by atoms with Crippen molar-refractivity contribution in [3.05, 3.63) is 0 Å². The summed E-state index contributed by atoms with van der Waals surface area (Å²) < 4.78 is 66.5. The fraction of sp³-hybridized carbons (Fsp3) is 0.960. The van der Waals surface area contributed by atoms with Gasteiger partial charge in [0.15, 0.2) is 0 Å². The van der Waals surface area contributed by atoms with E-state index in [2.05, 4.69) is 37.2 Å². The first-order valence-corrected chi connectivity index (χ1v) is 26.8. The van der Waals surface area contributed by atoms with E-state index < -0.39 is 35.7 Å². The van der Waals surface area contributed by atoms with Gasteiger partial charge in [0.1, 0.15) is 35.7 Å². The molecule has 0 aromatic heterocycles. The van der Waals surface area contributed by atoms with Crippen LogP contribution in [0.15, 0.2) is 0 Å². The quantitative estimate of drug-likeness (QED) is 0.0584. The van der Waals surface area contributed by atoms with Gasteiger partial charge in [0, 0.05) is 37.5 Å². The lowest BCUT2D eigenvalue weighted by molar-refractivity contribution is -0.120. The van der Waals surface area contributed by atoms with Gasteiger partial charge in [-0.2, -0.15) is 0 Å². The first-order chi connectivity index (χ1) is 20.1. The predicted molar refractivity (Wildman–Crippen MR) is 188 cm³/mol. The van der Waals surface area contributed by atoms with Crippen LogP contribution in [-0.2, 0) is 27.6 Å². The van der Waals surface area contributed by atoms with Crippen LogP contribution in [0.4, 0.5) is 0 Å². The molecular formula is C25H62N7O6P5. The molecular weight excluding hydrogens is 649 g/mol. The third-order valence-electron chi connectivity index (χ3n) is 6.98. The van der Waals surface area contributed by atoms with E-state index in [0.29, 0.717) is 31.1 Å². The normalized spacial score (nSPS) is 17.8. The molecule has 13 nitrogen and oxygen atoms in total. The van der Waals surface area contributed by atoms with Gasteiger partial charge in [-0.05, 0) is 46.8 Å². The van der Waals surface area contributed by atoms with Crippen LogP contribution in [0.3, 0.4) is 0 Å². The highest BCUT2D eigenvalue weighted by molar-refractivity contribution is 7.65. The number of carbonyl (C=O) groups is 1. The molecule has 0 aliphatic carbocycles. The first kappa shape index (κ1) is 43.4. The smallest absolute Gasteiger partial charge is 0.220 e. The van der Waals surface area contributed by atoms with E-state index in [0.717, 1.165) is 12.8 Å². The molecule has 0 heterocycles. The van der Waals surface area contributed by atoms with Crippen molar-refractivity contribution in [2.45, 2.75) is 40.0 Å². The number of hydrogen-bond donors (Lipinski definition) is 7. The highest BCUT2D eigenvalue weighted by Gasteiger charge is 2.28. The van der Waals surface area contributed by atoms with Crippen molar-refractivity contribution >= 4 is 41.6 Å². The molecule has 0 saturated heterocycles. The van der Waals surface area contributed by atoms with Gasteiger partial charge >= 0.3 is 0 Å². The molecule has 0 bridgehead atoms. The summed E-state index contributed by atoms with van der Waals surface area (Å²) in [6, 6.07) is 0. The molecule has 43 heavy (non-hydrogen) atoms. The molecule has 0 aromatic rings. The van der Waals surface area contributed by atoms with Crippen LogP contribution in [0.2, 0.25) is 0 Å². The van der Waals surface area contributed by atoms with Crippen LogP contribution in [0, 0.1) is 0 Å². The Hall–Kier alpha value is 0.380. The molecule has 0 saturated carbocycles. The zero-order valence-corrected chi connectivity index (χ0v) is 32.2. The summed E-state index contributed by atoms with van der Waals surface area (Å²) in [4.78, 5) is 12.7. The number of hydrogen-bond acceptors (Lipinski definition) is 12. The average Bonchev–Trinajstić information content (AvgIpc) is 2.91. The number of nitrogens with one attached hydrogen (secondary N) is 7. The van der Waals surface area contributed by atoms with Crippen molar-refractivity contribution in [3.8, 4) is 0 Å². The standard InChI is InChI=1S/C25H62N7O6P5/c1-8-12-40(35,10-3)19-30-21-41(36,13-9-2)22-31-23-42(37,20-29-18-39(7,34)15-26-4)14-11-25(33)32-24-43(38,16-27-5)17-28-6/h26-31H,8-24H2,1-7H3,(H,32,33). The topological polar surface area (TPSA) is 187 Å². The van der Waals surface area contributed by atoms with Gasteiger partial charge in [-0.3, -0.25) is 4.79 Å². The average molecular weight is 712 g/mol. The molecule has 0 radical (unpaired) electrons. The van der Waals surface area contributed by atoms with Crippen molar-refractivity contribution in [2.24, 2.45) is 0 Å². The fourth-order valence-electron chi connectivity index (χ4n) is 4.76. The zero-order valence-electron chi connectivity index (χ0n) is 27.7.